The summed E-state index contributed by atoms with van der Waals surface area (Å²) in [6.07, 6.45) is -0.965. The number of hydrogen-bond acceptors (Lipinski definition) is 3. The number of ether oxygens (including phenoxy) is 1. The summed E-state index contributed by atoms with van der Waals surface area (Å²) in [6.45, 7) is 7.66. The molecule has 0 amide bonds. The van der Waals surface area contributed by atoms with Crippen LogP contribution in [-0.2, 0) is 4.74 Å². The van der Waals surface area contributed by atoms with Gasteiger partial charge in [0.05, 0.1) is 18.3 Å². The van der Waals surface area contributed by atoms with Gasteiger partial charge in [-0.2, -0.15) is 0 Å². The van der Waals surface area contributed by atoms with Crippen molar-refractivity contribution >= 4 is 0 Å². The maximum Gasteiger partial charge on any atom is 0.106 e. The predicted octanol–water partition coefficient (Wildman–Crippen LogP) is 0.932. The molecular weight excluding hydrogens is 156 g/mol. The average molecular weight is 176 g/mol. The van der Waals surface area contributed by atoms with E-state index < -0.39 is 12.2 Å². The monoisotopic (exact) mass is 176 g/mol. The van der Waals surface area contributed by atoms with Gasteiger partial charge < -0.3 is 14.9 Å². The fourth-order valence-electron chi connectivity index (χ4n) is 1.29. The van der Waals surface area contributed by atoms with Crippen LogP contribution in [0, 0.1) is 0 Å². The summed E-state index contributed by atoms with van der Waals surface area (Å²) in [5.74, 6) is 0. The van der Waals surface area contributed by atoms with Gasteiger partial charge in [0.15, 0.2) is 0 Å². The van der Waals surface area contributed by atoms with Crippen molar-refractivity contribution < 1.29 is 14.9 Å². The third-order valence-corrected chi connectivity index (χ3v) is 1.90. The Kier molecular flexibility index (Phi) is 5.46. The summed E-state index contributed by atoms with van der Waals surface area (Å²) in [6, 6.07) is 0. The van der Waals surface area contributed by atoms with E-state index >= 15 is 0 Å². The van der Waals surface area contributed by atoms with E-state index in [1.165, 1.54) is 0 Å². The molecule has 12 heavy (non-hydrogen) atoms. The van der Waals surface area contributed by atoms with Gasteiger partial charge in [0, 0.05) is 6.42 Å². The summed E-state index contributed by atoms with van der Waals surface area (Å²) in [5.41, 5.74) is 0. The fourth-order valence-corrected chi connectivity index (χ4v) is 1.29. The maximum absolute atomic E-state index is 9.19. The summed E-state index contributed by atoms with van der Waals surface area (Å²) in [5, 5.41) is 18.4. The summed E-state index contributed by atoms with van der Waals surface area (Å²) < 4.78 is 5.26. The van der Waals surface area contributed by atoms with Gasteiger partial charge in [0.2, 0.25) is 0 Å². The third kappa shape index (κ3) is 3.09. The zero-order valence-electron chi connectivity index (χ0n) is 8.32. The highest BCUT2D eigenvalue weighted by atomic mass is 16.5. The molecule has 1 heterocycles. The van der Waals surface area contributed by atoms with Crippen LogP contribution in [0.5, 0.6) is 0 Å². The topological polar surface area (TPSA) is 49.7 Å². The van der Waals surface area contributed by atoms with Crippen LogP contribution >= 0.6 is 0 Å². The lowest BCUT2D eigenvalue weighted by Crippen LogP contribution is -2.45. The summed E-state index contributed by atoms with van der Waals surface area (Å²) in [7, 11) is 0. The van der Waals surface area contributed by atoms with E-state index in [2.05, 4.69) is 0 Å². The number of aliphatic hydroxyl groups excluding tert-OH is 2. The molecule has 2 N–H and O–H groups in total. The highest BCUT2D eigenvalue weighted by Gasteiger charge is 2.31. The first-order chi connectivity index (χ1) is 5.61. The predicted molar refractivity (Wildman–Crippen MR) is 48.0 cm³/mol. The molecule has 1 aliphatic heterocycles. The summed E-state index contributed by atoms with van der Waals surface area (Å²) >= 11 is 0. The van der Waals surface area contributed by atoms with E-state index in [-0.39, 0.29) is 12.2 Å². The molecule has 0 unspecified atom stereocenters. The van der Waals surface area contributed by atoms with Crippen molar-refractivity contribution in [1.82, 2.24) is 0 Å². The minimum atomic E-state index is -0.712. The molecule has 0 saturated carbocycles. The fraction of sp³-hybridized carbons (Fsp3) is 1.00. The molecule has 4 atom stereocenters. The van der Waals surface area contributed by atoms with Crippen LogP contribution in [-0.4, -0.2) is 34.6 Å². The average Bonchev–Trinajstić information content (AvgIpc) is 2.04. The molecule has 0 bridgehead atoms. The minimum absolute atomic E-state index is 0.0633. The molecule has 0 aromatic rings. The van der Waals surface area contributed by atoms with E-state index in [1.807, 2.05) is 20.8 Å². The quantitative estimate of drug-likeness (QED) is 0.577. The Bertz CT molecular complexity index is 104. The van der Waals surface area contributed by atoms with Crippen molar-refractivity contribution in [2.75, 3.05) is 0 Å². The highest BCUT2D eigenvalue weighted by Crippen LogP contribution is 2.19. The first-order valence-corrected chi connectivity index (χ1v) is 4.63. The first-order valence-electron chi connectivity index (χ1n) is 4.63. The molecule has 1 saturated heterocycles. The Morgan fingerprint density at radius 2 is 1.67 bits per heavy atom. The molecule has 3 heteroatoms. The van der Waals surface area contributed by atoms with Crippen LogP contribution in [0.15, 0.2) is 0 Å². The van der Waals surface area contributed by atoms with Crippen molar-refractivity contribution in [2.45, 2.75) is 58.5 Å². The van der Waals surface area contributed by atoms with E-state index in [1.54, 1.807) is 6.92 Å². The lowest BCUT2D eigenvalue weighted by atomic mass is 10.00. The molecule has 0 radical (unpaired) electrons. The van der Waals surface area contributed by atoms with E-state index in [0.29, 0.717) is 6.42 Å². The van der Waals surface area contributed by atoms with Crippen molar-refractivity contribution in [3.8, 4) is 0 Å². The van der Waals surface area contributed by atoms with Crippen molar-refractivity contribution in [3.05, 3.63) is 0 Å². The SMILES string of the molecule is CC.C[C@H]1C[C@@H](O)[C@H](O)[C@@H](C)O1. The lowest BCUT2D eigenvalue weighted by molar-refractivity contribution is -0.156. The second kappa shape index (κ2) is 5.51. The van der Waals surface area contributed by atoms with E-state index in [4.69, 9.17) is 4.74 Å². The zero-order chi connectivity index (χ0) is 9.72. The standard InChI is InChI=1S/C7H14O3.C2H6/c1-4-3-6(8)7(9)5(2)10-4;1-2/h4-9H,3H2,1-2H3;1-2H3/t4-,5+,6+,7+;/m0./s1. The Hall–Kier alpha value is -0.120. The smallest absolute Gasteiger partial charge is 0.106 e. The molecule has 1 fully saturated rings. The lowest BCUT2D eigenvalue weighted by Gasteiger charge is -2.33. The van der Waals surface area contributed by atoms with Gasteiger partial charge in [-0.05, 0) is 13.8 Å². The highest BCUT2D eigenvalue weighted by molar-refractivity contribution is 4.80. The zero-order valence-corrected chi connectivity index (χ0v) is 8.32. The summed E-state index contributed by atoms with van der Waals surface area (Å²) in [4.78, 5) is 0. The molecule has 74 valence electrons. The van der Waals surface area contributed by atoms with Crippen molar-refractivity contribution in [1.29, 1.82) is 0 Å². The second-order valence-corrected chi connectivity index (χ2v) is 2.95. The Morgan fingerprint density at radius 3 is 2.08 bits per heavy atom. The van der Waals surface area contributed by atoms with Crippen LogP contribution in [0.3, 0.4) is 0 Å². The molecule has 3 nitrogen and oxygen atoms in total. The van der Waals surface area contributed by atoms with Gasteiger partial charge in [-0.25, -0.2) is 0 Å². The normalized spacial score (nSPS) is 41.5. The van der Waals surface area contributed by atoms with Crippen LogP contribution in [0.2, 0.25) is 0 Å². The van der Waals surface area contributed by atoms with Gasteiger partial charge >= 0.3 is 0 Å². The van der Waals surface area contributed by atoms with Gasteiger partial charge in [-0.1, -0.05) is 13.8 Å². The number of hydrogen-bond donors (Lipinski definition) is 2. The number of aliphatic hydroxyl groups is 2. The molecule has 1 rings (SSSR count). The van der Waals surface area contributed by atoms with Gasteiger partial charge in [0.1, 0.15) is 6.10 Å². The molecule has 0 aliphatic carbocycles. The first kappa shape index (κ1) is 11.9. The van der Waals surface area contributed by atoms with Crippen LogP contribution < -0.4 is 0 Å². The van der Waals surface area contributed by atoms with Crippen LogP contribution in [0.4, 0.5) is 0 Å². The molecule has 1 aliphatic rings. The van der Waals surface area contributed by atoms with Gasteiger partial charge in [-0.3, -0.25) is 0 Å². The van der Waals surface area contributed by atoms with Crippen molar-refractivity contribution in [2.24, 2.45) is 0 Å². The van der Waals surface area contributed by atoms with Gasteiger partial charge in [-0.15, -0.1) is 0 Å². The Balaban J connectivity index is 0.000000561. The Morgan fingerprint density at radius 1 is 1.17 bits per heavy atom. The third-order valence-electron chi connectivity index (χ3n) is 1.90. The van der Waals surface area contributed by atoms with E-state index in [0.717, 1.165) is 0 Å². The second-order valence-electron chi connectivity index (χ2n) is 2.95. The van der Waals surface area contributed by atoms with Crippen molar-refractivity contribution in [3.63, 3.8) is 0 Å². The number of rotatable bonds is 0. The molecule has 0 aromatic heterocycles. The van der Waals surface area contributed by atoms with Gasteiger partial charge in [0.25, 0.3) is 0 Å². The largest absolute Gasteiger partial charge is 0.390 e. The maximum atomic E-state index is 9.19. The van der Waals surface area contributed by atoms with Crippen LogP contribution in [0.1, 0.15) is 34.1 Å². The molecule has 0 spiro atoms. The molecular formula is C9H20O3. The minimum Gasteiger partial charge on any atom is -0.390 e. The van der Waals surface area contributed by atoms with E-state index in [9.17, 15) is 10.2 Å². The Labute approximate surface area is 74.4 Å². The van der Waals surface area contributed by atoms with Crippen LogP contribution in [0.25, 0.3) is 0 Å². The molecule has 0 aromatic carbocycles.